The van der Waals surface area contributed by atoms with Crippen LogP contribution in [-0.4, -0.2) is 68.4 Å². The van der Waals surface area contributed by atoms with Gasteiger partial charge in [-0.3, -0.25) is 4.79 Å². The summed E-state index contributed by atoms with van der Waals surface area (Å²) in [5.41, 5.74) is -1.13. The zero-order chi connectivity index (χ0) is 18.0. The number of rotatable bonds is 6. The van der Waals surface area contributed by atoms with E-state index in [1.165, 1.54) is 17.5 Å². The van der Waals surface area contributed by atoms with E-state index in [4.69, 9.17) is 9.84 Å². The van der Waals surface area contributed by atoms with Crippen LogP contribution in [0.5, 0.6) is 0 Å². The minimum atomic E-state index is -1.71. The maximum Gasteiger partial charge on any atom is 0.205 e. The lowest BCUT2D eigenvalue weighted by Gasteiger charge is -2.43. The number of aliphatic hydroxyl groups excluding tert-OH is 3. The van der Waals surface area contributed by atoms with Gasteiger partial charge in [0.05, 0.1) is 17.7 Å². The summed E-state index contributed by atoms with van der Waals surface area (Å²) in [7, 11) is 0. The number of carbonyl (C=O) groups excluding carboxylic acids is 1. The van der Waals surface area contributed by atoms with Crippen LogP contribution in [0.2, 0.25) is 0 Å². The third kappa shape index (κ3) is 3.75. The van der Waals surface area contributed by atoms with Crippen LogP contribution in [0.4, 0.5) is 5.13 Å². The van der Waals surface area contributed by atoms with Crippen LogP contribution in [0, 0.1) is 0 Å². The van der Waals surface area contributed by atoms with Crippen molar-refractivity contribution in [1.82, 2.24) is 4.98 Å². The Labute approximate surface area is 151 Å². The van der Waals surface area contributed by atoms with Crippen LogP contribution >= 0.6 is 22.7 Å². The number of hydrogen-bond acceptors (Lipinski definition) is 10. The van der Waals surface area contributed by atoms with Gasteiger partial charge in [0.1, 0.15) is 17.8 Å². The van der Waals surface area contributed by atoms with Gasteiger partial charge in [-0.1, -0.05) is 11.3 Å². The van der Waals surface area contributed by atoms with Gasteiger partial charge in [-0.2, -0.15) is 11.3 Å². The average molecular weight is 386 g/mol. The summed E-state index contributed by atoms with van der Waals surface area (Å²) in [6.07, 6.45) is -2.60. The lowest BCUT2D eigenvalue weighted by atomic mass is 9.87. The van der Waals surface area contributed by atoms with Crippen molar-refractivity contribution in [3.63, 3.8) is 0 Å². The third-order valence-electron chi connectivity index (χ3n) is 4.02. The van der Waals surface area contributed by atoms with Crippen molar-refractivity contribution >= 4 is 33.6 Å². The van der Waals surface area contributed by atoms with Crippen LogP contribution in [0.3, 0.4) is 0 Å². The number of ether oxygens (including phenoxy) is 1. The first-order valence-electron chi connectivity index (χ1n) is 7.55. The molecule has 8 nitrogen and oxygen atoms in total. The first-order chi connectivity index (χ1) is 11.9. The molecular weight excluding hydrogens is 368 g/mol. The van der Waals surface area contributed by atoms with Gasteiger partial charge in [0.25, 0.3) is 0 Å². The number of thiophene rings is 1. The highest BCUT2D eigenvalue weighted by Crippen LogP contribution is 2.29. The average Bonchev–Trinajstić information content (AvgIpc) is 3.27. The van der Waals surface area contributed by atoms with Crippen molar-refractivity contribution in [3.05, 3.63) is 33.5 Å². The van der Waals surface area contributed by atoms with Crippen LogP contribution in [0.1, 0.15) is 21.7 Å². The Bertz CT molecular complexity index is 721. The molecule has 1 saturated heterocycles. The number of aliphatic hydroxyl groups is 4. The second-order valence-corrected chi connectivity index (χ2v) is 7.57. The quantitative estimate of drug-likeness (QED) is 0.440. The Morgan fingerprint density at radius 2 is 2.28 bits per heavy atom. The highest BCUT2D eigenvalue weighted by atomic mass is 32.1. The molecule has 1 fully saturated rings. The lowest BCUT2D eigenvalue weighted by molar-refractivity contribution is -0.232. The number of aromatic nitrogens is 1. The molecule has 0 aromatic carbocycles. The molecule has 4 atom stereocenters. The molecule has 25 heavy (non-hydrogen) atoms. The number of nitrogens with one attached hydrogen (secondary N) is 1. The molecule has 5 N–H and O–H groups in total. The van der Waals surface area contributed by atoms with Crippen molar-refractivity contribution in [2.45, 2.75) is 30.5 Å². The molecule has 0 spiro atoms. The Hall–Kier alpha value is -1.40. The van der Waals surface area contributed by atoms with E-state index in [2.05, 4.69) is 10.3 Å². The van der Waals surface area contributed by atoms with Crippen molar-refractivity contribution in [1.29, 1.82) is 0 Å². The van der Waals surface area contributed by atoms with E-state index < -0.39 is 24.0 Å². The summed E-state index contributed by atoms with van der Waals surface area (Å²) in [6, 6.07) is 1.73. The Morgan fingerprint density at radius 3 is 2.96 bits per heavy atom. The molecular formula is C15H18N2O6S2. The summed E-state index contributed by atoms with van der Waals surface area (Å²) in [5, 5.41) is 46.1. The summed E-state index contributed by atoms with van der Waals surface area (Å²) in [5.74, 6) is -0.144. The molecule has 1 aliphatic heterocycles. The van der Waals surface area contributed by atoms with E-state index in [1.54, 1.807) is 11.4 Å². The van der Waals surface area contributed by atoms with E-state index in [0.29, 0.717) is 15.6 Å². The summed E-state index contributed by atoms with van der Waals surface area (Å²) in [6.45, 7) is -0.599. The van der Waals surface area contributed by atoms with Crippen molar-refractivity contribution in [2.75, 3.05) is 18.5 Å². The number of anilines is 1. The number of hydrogen-bond donors (Lipinski definition) is 5. The molecule has 3 heterocycles. The molecule has 0 bridgehead atoms. The standard InChI is InChI=1S/C15H18N2O6S2/c18-3-2-15(22)7-23-13(11(20)12(15)21)17-14-16-5-9(25-14)10(19)8-1-4-24-6-8/h1,4-6,11-13,18,20-22H,2-3,7H2,(H,16,17). The second kappa shape index (κ2) is 7.46. The predicted octanol–water partition coefficient (Wildman–Crippen LogP) is 0.0391. The maximum atomic E-state index is 12.3. The fraction of sp³-hybridized carbons (Fsp3) is 0.467. The third-order valence-corrected chi connectivity index (χ3v) is 5.63. The fourth-order valence-corrected chi connectivity index (χ4v) is 3.99. The first-order valence-corrected chi connectivity index (χ1v) is 9.31. The van der Waals surface area contributed by atoms with Gasteiger partial charge in [0.15, 0.2) is 11.4 Å². The lowest BCUT2D eigenvalue weighted by Crippen LogP contribution is -2.63. The molecule has 10 heteroatoms. The van der Waals surface area contributed by atoms with Crippen LogP contribution in [0.25, 0.3) is 0 Å². The van der Waals surface area contributed by atoms with Crippen molar-refractivity contribution in [3.8, 4) is 0 Å². The minimum Gasteiger partial charge on any atom is -0.396 e. The molecule has 3 rings (SSSR count). The normalized spacial score (nSPS) is 29.5. The van der Waals surface area contributed by atoms with Crippen LogP contribution < -0.4 is 5.32 Å². The molecule has 0 amide bonds. The molecule has 4 unspecified atom stereocenters. The van der Waals surface area contributed by atoms with Crippen molar-refractivity contribution in [2.24, 2.45) is 0 Å². The summed E-state index contributed by atoms with van der Waals surface area (Å²) in [4.78, 5) is 16.8. The van der Waals surface area contributed by atoms with Gasteiger partial charge in [0, 0.05) is 24.0 Å². The highest BCUT2D eigenvalue weighted by Gasteiger charge is 2.48. The first kappa shape index (κ1) is 18.4. The number of carbonyl (C=O) groups is 1. The molecule has 2 aromatic rings. The molecule has 2 aromatic heterocycles. The van der Waals surface area contributed by atoms with Crippen LogP contribution in [-0.2, 0) is 4.74 Å². The van der Waals surface area contributed by atoms with Gasteiger partial charge in [-0.15, -0.1) is 0 Å². The van der Waals surface area contributed by atoms with Gasteiger partial charge in [-0.05, 0) is 11.4 Å². The van der Waals surface area contributed by atoms with E-state index in [0.717, 1.165) is 11.3 Å². The fourth-order valence-electron chi connectivity index (χ4n) is 2.55. The monoisotopic (exact) mass is 386 g/mol. The van der Waals surface area contributed by atoms with Gasteiger partial charge in [0.2, 0.25) is 5.78 Å². The van der Waals surface area contributed by atoms with E-state index in [-0.39, 0.29) is 25.4 Å². The Kier molecular flexibility index (Phi) is 5.49. The zero-order valence-corrected chi connectivity index (χ0v) is 14.7. The largest absolute Gasteiger partial charge is 0.396 e. The highest BCUT2D eigenvalue weighted by molar-refractivity contribution is 7.17. The number of thiazole rings is 1. The van der Waals surface area contributed by atoms with E-state index in [9.17, 15) is 20.1 Å². The topological polar surface area (TPSA) is 132 Å². The van der Waals surface area contributed by atoms with Gasteiger partial charge >= 0.3 is 0 Å². The molecule has 0 saturated carbocycles. The molecule has 1 aliphatic rings. The number of ketones is 1. The molecule has 0 aliphatic carbocycles. The minimum absolute atomic E-state index is 0.117. The van der Waals surface area contributed by atoms with Gasteiger partial charge in [-0.25, -0.2) is 4.98 Å². The second-order valence-electron chi connectivity index (χ2n) is 5.76. The van der Waals surface area contributed by atoms with E-state index >= 15 is 0 Å². The Balaban J connectivity index is 1.66. The zero-order valence-electron chi connectivity index (χ0n) is 13.0. The number of nitrogens with zero attached hydrogens (tertiary/aromatic N) is 1. The summed E-state index contributed by atoms with van der Waals surface area (Å²) >= 11 is 2.53. The SMILES string of the molecule is O=C(c1ccsc1)c1cnc(NC2OCC(O)(CCO)C(O)C2O)s1. The predicted molar refractivity (Wildman–Crippen MR) is 91.9 cm³/mol. The Morgan fingerprint density at radius 1 is 1.48 bits per heavy atom. The van der Waals surface area contributed by atoms with Crippen LogP contribution in [0.15, 0.2) is 23.0 Å². The van der Waals surface area contributed by atoms with Crippen molar-refractivity contribution < 1.29 is 30.0 Å². The van der Waals surface area contributed by atoms with Gasteiger partial charge < -0.3 is 30.5 Å². The molecule has 0 radical (unpaired) electrons. The smallest absolute Gasteiger partial charge is 0.205 e. The van der Waals surface area contributed by atoms with E-state index in [1.807, 2.05) is 5.38 Å². The molecule has 136 valence electrons. The summed E-state index contributed by atoms with van der Waals surface area (Å²) < 4.78 is 5.38. The maximum absolute atomic E-state index is 12.3.